The lowest BCUT2D eigenvalue weighted by molar-refractivity contribution is 0.0865. The van der Waals surface area contributed by atoms with Crippen molar-refractivity contribution in [1.29, 1.82) is 0 Å². The van der Waals surface area contributed by atoms with Gasteiger partial charge >= 0.3 is 0 Å². The molecule has 0 N–H and O–H groups in total. The Morgan fingerprint density at radius 3 is 2.43 bits per heavy atom. The van der Waals surface area contributed by atoms with E-state index < -0.39 is 15.9 Å². The summed E-state index contributed by atoms with van der Waals surface area (Å²) in [4.78, 5) is 12.5. The molecule has 0 fully saturated rings. The summed E-state index contributed by atoms with van der Waals surface area (Å²) in [7, 11) is -3.75. The summed E-state index contributed by atoms with van der Waals surface area (Å²) in [5.41, 5.74) is 1.01. The lowest BCUT2D eigenvalue weighted by atomic mass is 10.2. The number of carbonyl (C=O) groups excluding carboxylic acids is 1. The van der Waals surface area contributed by atoms with Gasteiger partial charge in [0, 0.05) is 8.04 Å². The minimum atomic E-state index is -3.75. The number of hydrogen-bond donors (Lipinski definition) is 0. The monoisotopic (exact) mass is 477 g/mol. The minimum Gasteiger partial charge on any atom is -0.268 e. The number of fused-ring (bicyclic) bond motifs is 1. The van der Waals surface area contributed by atoms with Gasteiger partial charge in [0.2, 0.25) is 0 Å². The highest BCUT2D eigenvalue weighted by atomic mass is 127. The van der Waals surface area contributed by atoms with Gasteiger partial charge in [-0.05, 0) is 58.5 Å². The first-order valence-corrected chi connectivity index (χ1v) is 9.32. The quantitative estimate of drug-likeness (QED) is 0.623. The first kappa shape index (κ1) is 15.0. The molecule has 3 rings (SSSR count). The maximum atomic E-state index is 12.5. The second-order valence-electron chi connectivity index (χ2n) is 4.58. The number of amides is 1. The highest BCUT2D eigenvalue weighted by molar-refractivity contribution is 14.1. The average molecular weight is 478 g/mol. The maximum absolute atomic E-state index is 12.5. The van der Waals surface area contributed by atoms with Crippen molar-refractivity contribution >= 4 is 54.5 Å². The van der Waals surface area contributed by atoms with E-state index in [2.05, 4.69) is 38.5 Å². The van der Waals surface area contributed by atoms with Crippen molar-refractivity contribution in [2.45, 2.75) is 11.4 Å². The molecular formula is C14H9BrINO3S. The van der Waals surface area contributed by atoms with Crippen molar-refractivity contribution in [3.05, 3.63) is 61.6 Å². The van der Waals surface area contributed by atoms with Gasteiger partial charge in [-0.25, -0.2) is 12.7 Å². The number of nitrogens with zero attached hydrogens (tertiary/aromatic N) is 1. The lowest BCUT2D eigenvalue weighted by Crippen LogP contribution is -2.29. The van der Waals surface area contributed by atoms with Gasteiger partial charge in [0.25, 0.3) is 15.9 Å². The van der Waals surface area contributed by atoms with E-state index in [9.17, 15) is 13.2 Å². The molecule has 1 aliphatic heterocycles. The molecule has 0 bridgehead atoms. The highest BCUT2D eigenvalue weighted by Crippen LogP contribution is 2.32. The molecule has 0 atom stereocenters. The fourth-order valence-electron chi connectivity index (χ4n) is 2.17. The van der Waals surface area contributed by atoms with Crippen LogP contribution in [0.3, 0.4) is 0 Å². The van der Waals surface area contributed by atoms with Gasteiger partial charge in [0.05, 0.1) is 12.1 Å². The molecule has 1 aliphatic rings. The first-order chi connectivity index (χ1) is 9.89. The largest absolute Gasteiger partial charge is 0.269 e. The molecule has 4 nitrogen and oxygen atoms in total. The van der Waals surface area contributed by atoms with E-state index in [1.165, 1.54) is 6.07 Å². The van der Waals surface area contributed by atoms with Crippen molar-refractivity contribution < 1.29 is 13.2 Å². The molecule has 0 aromatic heterocycles. The molecule has 0 radical (unpaired) electrons. The van der Waals surface area contributed by atoms with Gasteiger partial charge in [-0.2, -0.15) is 0 Å². The third-order valence-corrected chi connectivity index (χ3v) is 6.19. The molecule has 2 aromatic rings. The minimum absolute atomic E-state index is 0.0414. The second kappa shape index (κ2) is 5.36. The van der Waals surface area contributed by atoms with Gasteiger partial charge in [-0.15, -0.1) is 0 Å². The van der Waals surface area contributed by atoms with Crippen LogP contribution < -0.4 is 0 Å². The molecular weight excluding hydrogens is 469 g/mol. The van der Waals surface area contributed by atoms with Gasteiger partial charge in [-0.1, -0.05) is 28.1 Å². The molecule has 7 heteroatoms. The van der Waals surface area contributed by atoms with Gasteiger partial charge in [0.15, 0.2) is 0 Å². The molecule has 1 amide bonds. The van der Waals surface area contributed by atoms with E-state index in [1.54, 1.807) is 24.3 Å². The Labute approximate surface area is 144 Å². The Bertz CT molecular complexity index is 834. The van der Waals surface area contributed by atoms with Gasteiger partial charge in [0.1, 0.15) is 4.90 Å². The zero-order valence-electron chi connectivity index (χ0n) is 10.6. The number of benzene rings is 2. The van der Waals surface area contributed by atoms with Crippen LogP contribution in [-0.4, -0.2) is 18.6 Å². The average Bonchev–Trinajstić information content (AvgIpc) is 2.62. The van der Waals surface area contributed by atoms with Crippen LogP contribution >= 0.6 is 38.5 Å². The van der Waals surface area contributed by atoms with Crippen molar-refractivity contribution in [3.8, 4) is 0 Å². The fourth-order valence-corrected chi connectivity index (χ4v) is 4.46. The third kappa shape index (κ3) is 2.62. The topological polar surface area (TPSA) is 54.5 Å². The summed E-state index contributed by atoms with van der Waals surface area (Å²) in [6.45, 7) is 0.0414. The maximum Gasteiger partial charge on any atom is 0.269 e. The van der Waals surface area contributed by atoms with E-state index in [1.807, 2.05) is 12.1 Å². The highest BCUT2D eigenvalue weighted by Gasteiger charge is 2.41. The van der Waals surface area contributed by atoms with Crippen molar-refractivity contribution in [2.24, 2.45) is 0 Å². The fraction of sp³-hybridized carbons (Fsp3) is 0.0714. The van der Waals surface area contributed by atoms with Crippen LogP contribution in [0.1, 0.15) is 15.9 Å². The lowest BCUT2D eigenvalue weighted by Gasteiger charge is -2.15. The van der Waals surface area contributed by atoms with Crippen molar-refractivity contribution in [3.63, 3.8) is 0 Å². The second-order valence-corrected chi connectivity index (χ2v) is 8.58. The summed E-state index contributed by atoms with van der Waals surface area (Å²) < 4.78 is 27.6. The van der Waals surface area contributed by atoms with Crippen molar-refractivity contribution in [2.75, 3.05) is 0 Å². The Kier molecular flexibility index (Phi) is 3.83. The number of halogens is 2. The van der Waals surface area contributed by atoms with E-state index in [-0.39, 0.29) is 17.0 Å². The summed E-state index contributed by atoms with van der Waals surface area (Å²) in [6.07, 6.45) is 0. The van der Waals surface area contributed by atoms with E-state index in [4.69, 9.17) is 0 Å². The summed E-state index contributed by atoms with van der Waals surface area (Å²) in [6, 6.07) is 12.0. The van der Waals surface area contributed by atoms with E-state index >= 15 is 0 Å². The Balaban J connectivity index is 2.02. The number of carbonyl (C=O) groups is 1. The smallest absolute Gasteiger partial charge is 0.268 e. The zero-order chi connectivity index (χ0) is 15.2. The van der Waals surface area contributed by atoms with Gasteiger partial charge in [-0.3, -0.25) is 4.79 Å². The van der Waals surface area contributed by atoms with Crippen LogP contribution in [0, 0.1) is 3.57 Å². The predicted molar refractivity (Wildman–Crippen MR) is 90.4 cm³/mol. The molecule has 0 spiro atoms. The summed E-state index contributed by atoms with van der Waals surface area (Å²) >= 11 is 5.38. The molecule has 1 heterocycles. The molecule has 108 valence electrons. The number of sulfonamides is 1. The third-order valence-electron chi connectivity index (χ3n) is 3.21. The van der Waals surface area contributed by atoms with Crippen LogP contribution in [0.25, 0.3) is 0 Å². The normalized spacial score (nSPS) is 16.1. The molecule has 2 aromatic carbocycles. The Morgan fingerprint density at radius 1 is 1.10 bits per heavy atom. The number of rotatable bonds is 2. The first-order valence-electron chi connectivity index (χ1n) is 6.00. The number of hydrogen-bond acceptors (Lipinski definition) is 3. The SMILES string of the molecule is O=C1c2cc(I)ccc2S(=O)(=O)N1Cc1ccc(Br)cc1. The molecule has 0 unspecified atom stereocenters. The molecule has 21 heavy (non-hydrogen) atoms. The molecule has 0 aliphatic carbocycles. The standard InChI is InChI=1S/C14H9BrINO3S/c15-10-3-1-9(2-4-10)8-17-14(18)12-7-11(16)5-6-13(12)21(17,19)20/h1-7H,8H2. The van der Waals surface area contributed by atoms with Crippen LogP contribution in [-0.2, 0) is 16.6 Å². The summed E-state index contributed by atoms with van der Waals surface area (Å²) in [5.74, 6) is -0.466. The van der Waals surface area contributed by atoms with E-state index in [0.29, 0.717) is 0 Å². The Morgan fingerprint density at radius 2 is 1.76 bits per heavy atom. The molecule has 0 saturated heterocycles. The van der Waals surface area contributed by atoms with Crippen LogP contribution in [0.2, 0.25) is 0 Å². The van der Waals surface area contributed by atoms with Crippen LogP contribution in [0.4, 0.5) is 0 Å². The molecule has 0 saturated carbocycles. The zero-order valence-corrected chi connectivity index (χ0v) is 15.1. The Hall–Kier alpha value is -0.930. The van der Waals surface area contributed by atoms with Crippen molar-refractivity contribution in [1.82, 2.24) is 4.31 Å². The van der Waals surface area contributed by atoms with Gasteiger partial charge < -0.3 is 0 Å². The van der Waals surface area contributed by atoms with Crippen LogP contribution in [0.15, 0.2) is 51.8 Å². The predicted octanol–water partition coefficient (Wildman–Crippen LogP) is 3.40. The van der Waals surface area contributed by atoms with E-state index in [0.717, 1.165) is 17.9 Å². The van der Waals surface area contributed by atoms with Crippen LogP contribution in [0.5, 0.6) is 0 Å². The summed E-state index contributed by atoms with van der Waals surface area (Å²) in [5, 5.41) is 0.